The lowest BCUT2D eigenvalue weighted by atomic mass is 10.1. The standard InChI is InChI=1S/C19H21F3N2O4/c1-12(2)28-15-7-6-13(9-16(15)26-3)17(25)24-10-14-5-4-8-23-18(14)27-11-19(20,21)22/h4-9,12H,10-11H2,1-3H3,(H,24,25). The summed E-state index contributed by atoms with van der Waals surface area (Å²) in [5.41, 5.74) is 0.640. The third-order valence-electron chi connectivity index (χ3n) is 3.45. The minimum absolute atomic E-state index is 0.0492. The van der Waals surface area contributed by atoms with Crippen molar-refractivity contribution in [3.63, 3.8) is 0 Å². The number of carbonyl (C=O) groups is 1. The average molecular weight is 398 g/mol. The lowest BCUT2D eigenvalue weighted by molar-refractivity contribution is -0.154. The van der Waals surface area contributed by atoms with Gasteiger partial charge in [0.2, 0.25) is 5.88 Å². The van der Waals surface area contributed by atoms with E-state index >= 15 is 0 Å². The molecule has 0 unspecified atom stereocenters. The van der Waals surface area contributed by atoms with Gasteiger partial charge in [0.25, 0.3) is 5.91 Å². The Bertz CT molecular complexity index is 810. The van der Waals surface area contributed by atoms with Crippen molar-refractivity contribution in [2.45, 2.75) is 32.7 Å². The molecule has 2 rings (SSSR count). The summed E-state index contributed by atoms with van der Waals surface area (Å²) in [4.78, 5) is 16.2. The molecule has 0 spiro atoms. The van der Waals surface area contributed by atoms with Gasteiger partial charge in [-0.05, 0) is 38.1 Å². The highest BCUT2D eigenvalue weighted by atomic mass is 19.4. The number of benzene rings is 1. The van der Waals surface area contributed by atoms with Gasteiger partial charge in [-0.1, -0.05) is 6.07 Å². The van der Waals surface area contributed by atoms with Crippen LogP contribution >= 0.6 is 0 Å². The Balaban J connectivity index is 2.06. The molecule has 0 aliphatic heterocycles. The smallest absolute Gasteiger partial charge is 0.422 e. The number of aromatic nitrogens is 1. The van der Waals surface area contributed by atoms with E-state index in [1.165, 1.54) is 25.4 Å². The Labute approximate surface area is 160 Å². The van der Waals surface area contributed by atoms with Crippen molar-refractivity contribution in [2.24, 2.45) is 0 Å². The number of ether oxygens (including phenoxy) is 3. The Morgan fingerprint density at radius 2 is 1.96 bits per heavy atom. The molecule has 0 fully saturated rings. The first-order valence-electron chi connectivity index (χ1n) is 8.46. The van der Waals surface area contributed by atoms with Gasteiger partial charge in [0.1, 0.15) is 0 Å². The fourth-order valence-corrected chi connectivity index (χ4v) is 2.28. The maximum Gasteiger partial charge on any atom is 0.422 e. The summed E-state index contributed by atoms with van der Waals surface area (Å²) >= 11 is 0. The number of hydrogen-bond donors (Lipinski definition) is 1. The molecule has 0 aliphatic carbocycles. The third-order valence-corrected chi connectivity index (χ3v) is 3.45. The van der Waals surface area contributed by atoms with E-state index in [2.05, 4.69) is 10.3 Å². The molecule has 0 bridgehead atoms. The average Bonchev–Trinajstić information content (AvgIpc) is 2.64. The van der Waals surface area contributed by atoms with Gasteiger partial charge in [-0.2, -0.15) is 13.2 Å². The molecule has 6 nitrogen and oxygen atoms in total. The number of alkyl halides is 3. The highest BCUT2D eigenvalue weighted by molar-refractivity contribution is 5.94. The van der Waals surface area contributed by atoms with E-state index in [0.717, 1.165) is 0 Å². The molecule has 1 N–H and O–H groups in total. The summed E-state index contributed by atoms with van der Waals surface area (Å²) in [7, 11) is 1.46. The Morgan fingerprint density at radius 1 is 1.21 bits per heavy atom. The molecule has 0 radical (unpaired) electrons. The molecular formula is C19H21F3N2O4. The van der Waals surface area contributed by atoms with Crippen LogP contribution in [0.1, 0.15) is 29.8 Å². The minimum Gasteiger partial charge on any atom is -0.493 e. The van der Waals surface area contributed by atoms with Gasteiger partial charge in [-0.3, -0.25) is 4.79 Å². The highest BCUT2D eigenvalue weighted by Gasteiger charge is 2.29. The zero-order valence-electron chi connectivity index (χ0n) is 15.7. The minimum atomic E-state index is -4.48. The molecule has 1 aromatic heterocycles. The number of rotatable bonds is 8. The normalized spacial score (nSPS) is 11.2. The van der Waals surface area contributed by atoms with Crippen molar-refractivity contribution in [1.82, 2.24) is 10.3 Å². The van der Waals surface area contributed by atoms with Crippen molar-refractivity contribution >= 4 is 5.91 Å². The van der Waals surface area contributed by atoms with Crippen LogP contribution in [0.4, 0.5) is 13.2 Å². The van der Waals surface area contributed by atoms with Crippen molar-refractivity contribution in [3.05, 3.63) is 47.7 Å². The van der Waals surface area contributed by atoms with Crippen LogP contribution in [0, 0.1) is 0 Å². The molecule has 1 amide bonds. The Kier molecular flexibility index (Phi) is 7.08. The molecule has 0 saturated heterocycles. The number of pyridine rings is 1. The third kappa shape index (κ3) is 6.33. The quantitative estimate of drug-likeness (QED) is 0.734. The molecule has 0 atom stereocenters. The van der Waals surface area contributed by atoms with Crippen LogP contribution in [0.5, 0.6) is 17.4 Å². The summed E-state index contributed by atoms with van der Waals surface area (Å²) in [6, 6.07) is 7.79. The second kappa shape index (κ2) is 9.29. The summed E-state index contributed by atoms with van der Waals surface area (Å²) in [6.45, 7) is 2.23. The van der Waals surface area contributed by atoms with Crippen LogP contribution in [0.2, 0.25) is 0 Å². The zero-order valence-corrected chi connectivity index (χ0v) is 15.7. The summed E-state index contributed by atoms with van der Waals surface area (Å²) in [5, 5.41) is 2.63. The van der Waals surface area contributed by atoms with E-state index in [9.17, 15) is 18.0 Å². The largest absolute Gasteiger partial charge is 0.493 e. The van der Waals surface area contributed by atoms with E-state index in [1.807, 2.05) is 13.8 Å². The number of nitrogens with zero attached hydrogens (tertiary/aromatic N) is 1. The predicted molar refractivity (Wildman–Crippen MR) is 95.7 cm³/mol. The van der Waals surface area contributed by atoms with Gasteiger partial charge in [-0.25, -0.2) is 4.98 Å². The first-order valence-corrected chi connectivity index (χ1v) is 8.46. The van der Waals surface area contributed by atoms with E-state index < -0.39 is 18.7 Å². The fourth-order valence-electron chi connectivity index (χ4n) is 2.28. The maximum absolute atomic E-state index is 12.4. The van der Waals surface area contributed by atoms with Crippen LogP contribution in [0.15, 0.2) is 36.5 Å². The molecule has 1 aromatic carbocycles. The molecule has 2 aromatic rings. The SMILES string of the molecule is COc1cc(C(=O)NCc2cccnc2OCC(F)(F)F)ccc1OC(C)C. The summed E-state index contributed by atoms with van der Waals surface area (Å²) < 4.78 is 52.6. The maximum atomic E-state index is 12.4. The first-order chi connectivity index (χ1) is 13.2. The lowest BCUT2D eigenvalue weighted by Gasteiger charge is -2.15. The van der Waals surface area contributed by atoms with Crippen molar-refractivity contribution in [2.75, 3.05) is 13.7 Å². The van der Waals surface area contributed by atoms with Crippen molar-refractivity contribution in [3.8, 4) is 17.4 Å². The number of amides is 1. The van der Waals surface area contributed by atoms with Crippen LogP contribution in [0.25, 0.3) is 0 Å². The monoisotopic (exact) mass is 398 g/mol. The van der Waals surface area contributed by atoms with E-state index in [-0.39, 0.29) is 18.5 Å². The van der Waals surface area contributed by atoms with E-state index in [0.29, 0.717) is 22.6 Å². The highest BCUT2D eigenvalue weighted by Crippen LogP contribution is 2.29. The number of carbonyl (C=O) groups excluding carboxylic acids is 1. The van der Waals surface area contributed by atoms with Gasteiger partial charge in [0, 0.05) is 23.9 Å². The Morgan fingerprint density at radius 3 is 2.61 bits per heavy atom. The predicted octanol–water partition coefficient (Wildman–Crippen LogP) is 3.75. The second-order valence-corrected chi connectivity index (χ2v) is 6.09. The van der Waals surface area contributed by atoms with Gasteiger partial charge in [0.05, 0.1) is 13.2 Å². The van der Waals surface area contributed by atoms with Gasteiger partial charge < -0.3 is 19.5 Å². The molecule has 0 saturated carbocycles. The molecule has 28 heavy (non-hydrogen) atoms. The van der Waals surface area contributed by atoms with Gasteiger partial charge in [0.15, 0.2) is 18.1 Å². The number of hydrogen-bond acceptors (Lipinski definition) is 5. The zero-order chi connectivity index (χ0) is 20.7. The van der Waals surface area contributed by atoms with E-state index in [4.69, 9.17) is 14.2 Å². The second-order valence-electron chi connectivity index (χ2n) is 6.09. The van der Waals surface area contributed by atoms with E-state index in [1.54, 1.807) is 18.2 Å². The fraction of sp³-hybridized carbons (Fsp3) is 0.368. The topological polar surface area (TPSA) is 69.7 Å². The van der Waals surface area contributed by atoms with Crippen LogP contribution in [-0.4, -0.2) is 36.9 Å². The van der Waals surface area contributed by atoms with Crippen LogP contribution in [0.3, 0.4) is 0 Å². The first kappa shape index (κ1) is 21.3. The molecule has 1 heterocycles. The number of nitrogens with one attached hydrogen (secondary N) is 1. The molecule has 9 heteroatoms. The van der Waals surface area contributed by atoms with Gasteiger partial charge in [-0.15, -0.1) is 0 Å². The molecule has 152 valence electrons. The summed E-state index contributed by atoms with van der Waals surface area (Å²) in [6.07, 6.45) is -3.22. The number of halogens is 3. The molecular weight excluding hydrogens is 377 g/mol. The van der Waals surface area contributed by atoms with Gasteiger partial charge >= 0.3 is 6.18 Å². The molecule has 0 aliphatic rings. The Hall–Kier alpha value is -2.97. The van der Waals surface area contributed by atoms with Crippen molar-refractivity contribution in [1.29, 1.82) is 0 Å². The van der Waals surface area contributed by atoms with Crippen LogP contribution in [-0.2, 0) is 6.54 Å². The van der Waals surface area contributed by atoms with Crippen LogP contribution < -0.4 is 19.5 Å². The number of methoxy groups -OCH3 is 1. The van der Waals surface area contributed by atoms with Crippen molar-refractivity contribution < 1.29 is 32.2 Å². The summed E-state index contributed by atoms with van der Waals surface area (Å²) in [5.74, 6) is 0.291. The lowest BCUT2D eigenvalue weighted by Crippen LogP contribution is -2.24.